The van der Waals surface area contributed by atoms with Gasteiger partial charge in [0.1, 0.15) is 28.7 Å². The van der Waals surface area contributed by atoms with Gasteiger partial charge in [-0.05, 0) is 67.5 Å². The van der Waals surface area contributed by atoms with Crippen molar-refractivity contribution in [3.63, 3.8) is 0 Å². The fourth-order valence-corrected chi connectivity index (χ4v) is 7.08. The summed E-state index contributed by atoms with van der Waals surface area (Å²) in [5.74, 6) is 0.756. The Morgan fingerprint density at radius 2 is 1.89 bits per heavy atom. The molecule has 0 unspecified atom stereocenters. The van der Waals surface area contributed by atoms with Crippen LogP contribution >= 0.6 is 11.3 Å². The molecule has 192 valence electrons. The number of aromatic nitrogens is 3. The van der Waals surface area contributed by atoms with E-state index in [1.807, 2.05) is 6.07 Å². The van der Waals surface area contributed by atoms with Crippen molar-refractivity contribution in [3.8, 4) is 6.07 Å². The molecule has 2 fully saturated rings. The maximum Gasteiger partial charge on any atom is 0.393 e. The molecule has 5 heterocycles. The minimum atomic E-state index is -4.23. The number of nitrogens with one attached hydrogen (secondary N) is 1. The zero-order valence-electron chi connectivity index (χ0n) is 20.5. The largest absolute Gasteiger partial charge is 0.393 e. The fraction of sp³-hybridized carbons (Fsp3) is 0.444. The molecule has 0 atom stereocenters. The minimum absolute atomic E-state index is 0.263. The number of likely N-dealkylation sites (tertiary alicyclic amines) is 1. The van der Waals surface area contributed by atoms with Crippen LogP contribution in [0.2, 0.25) is 0 Å². The Labute approximate surface area is 216 Å². The molecule has 6 rings (SSSR count). The SMILES string of the molecule is Cc1c(CN2CCC3(CCN(c4ncnc5sc(CC(F)(F)F)cc45)CC3)C2)ccc2[nH]c(C#N)cc12. The predicted molar refractivity (Wildman–Crippen MR) is 139 cm³/mol. The summed E-state index contributed by atoms with van der Waals surface area (Å²) in [6, 6.07) is 9.97. The lowest BCUT2D eigenvalue weighted by Crippen LogP contribution is -2.42. The Bertz CT molecular complexity index is 1510. The Kier molecular flexibility index (Phi) is 5.88. The topological polar surface area (TPSA) is 71.8 Å². The van der Waals surface area contributed by atoms with Crippen LogP contribution in [0, 0.1) is 23.7 Å². The monoisotopic (exact) mass is 524 g/mol. The molecule has 0 saturated carbocycles. The van der Waals surface area contributed by atoms with Gasteiger partial charge in [-0.1, -0.05) is 6.07 Å². The van der Waals surface area contributed by atoms with Crippen molar-refractivity contribution >= 4 is 38.3 Å². The van der Waals surface area contributed by atoms with E-state index in [-0.39, 0.29) is 10.3 Å². The second kappa shape index (κ2) is 8.99. The third-order valence-electron chi connectivity index (χ3n) is 8.07. The lowest BCUT2D eigenvalue weighted by atomic mass is 9.77. The standard InChI is InChI=1S/C27H27F3N6S/c1-17-18(2-3-23-21(17)10-19(13-31)34-23)14-35-7-4-26(15-35)5-8-36(9-6-26)24-22-11-20(12-27(28,29)30)37-25(22)33-16-32-24/h2-3,10-11,16,34H,4-9,12,14-15H2,1H3. The van der Waals surface area contributed by atoms with E-state index in [0.29, 0.717) is 10.5 Å². The van der Waals surface area contributed by atoms with Crippen molar-refractivity contribution in [1.29, 1.82) is 5.26 Å². The summed E-state index contributed by atoms with van der Waals surface area (Å²) in [7, 11) is 0. The number of nitriles is 1. The number of fused-ring (bicyclic) bond motifs is 2. The second-order valence-electron chi connectivity index (χ2n) is 10.5. The van der Waals surface area contributed by atoms with Gasteiger partial charge in [0, 0.05) is 42.0 Å². The molecular weight excluding hydrogens is 497 g/mol. The quantitative estimate of drug-likeness (QED) is 0.357. The molecule has 37 heavy (non-hydrogen) atoms. The van der Waals surface area contributed by atoms with Crippen LogP contribution in [-0.4, -0.2) is 52.2 Å². The van der Waals surface area contributed by atoms with Crippen molar-refractivity contribution in [2.45, 2.75) is 45.3 Å². The van der Waals surface area contributed by atoms with E-state index in [1.54, 1.807) is 6.07 Å². The normalized spacial score (nSPS) is 18.3. The van der Waals surface area contributed by atoms with Crippen molar-refractivity contribution in [1.82, 2.24) is 19.9 Å². The average Bonchev–Trinajstić information content (AvgIpc) is 3.57. The summed E-state index contributed by atoms with van der Waals surface area (Å²) in [6.45, 7) is 6.80. The number of nitrogens with zero attached hydrogens (tertiary/aromatic N) is 5. The van der Waals surface area contributed by atoms with E-state index in [1.165, 1.54) is 17.5 Å². The fourth-order valence-electron chi connectivity index (χ4n) is 6.06. The lowest BCUT2D eigenvalue weighted by molar-refractivity contribution is -0.126. The summed E-state index contributed by atoms with van der Waals surface area (Å²) in [5.41, 5.74) is 4.36. The van der Waals surface area contributed by atoms with E-state index in [2.05, 4.69) is 49.9 Å². The van der Waals surface area contributed by atoms with Gasteiger partial charge in [0.2, 0.25) is 0 Å². The molecule has 0 radical (unpaired) electrons. The Morgan fingerprint density at radius 1 is 1.11 bits per heavy atom. The number of hydrogen-bond donors (Lipinski definition) is 1. The third kappa shape index (κ3) is 4.66. The zero-order chi connectivity index (χ0) is 25.8. The van der Waals surface area contributed by atoms with Crippen molar-refractivity contribution in [3.05, 3.63) is 52.3 Å². The first-order chi connectivity index (χ1) is 17.7. The van der Waals surface area contributed by atoms with Crippen LogP contribution in [0.15, 0.2) is 30.6 Å². The maximum absolute atomic E-state index is 12.9. The number of hydrogen-bond acceptors (Lipinski definition) is 6. The van der Waals surface area contributed by atoms with Crippen LogP contribution < -0.4 is 4.90 Å². The highest BCUT2D eigenvalue weighted by Gasteiger charge is 2.41. The molecule has 10 heteroatoms. The van der Waals surface area contributed by atoms with E-state index in [4.69, 9.17) is 0 Å². The molecule has 1 aromatic carbocycles. The van der Waals surface area contributed by atoms with Crippen LogP contribution in [0.5, 0.6) is 0 Å². The molecule has 1 N–H and O–H groups in total. The van der Waals surface area contributed by atoms with Gasteiger partial charge in [-0.25, -0.2) is 9.97 Å². The van der Waals surface area contributed by atoms with Crippen LogP contribution in [0.25, 0.3) is 21.1 Å². The molecule has 0 bridgehead atoms. The van der Waals surface area contributed by atoms with E-state index in [9.17, 15) is 18.4 Å². The smallest absolute Gasteiger partial charge is 0.356 e. The summed E-state index contributed by atoms with van der Waals surface area (Å²) in [4.78, 5) is 17.5. The molecule has 0 amide bonds. The zero-order valence-corrected chi connectivity index (χ0v) is 21.3. The van der Waals surface area contributed by atoms with Gasteiger partial charge >= 0.3 is 6.18 Å². The maximum atomic E-state index is 12.9. The van der Waals surface area contributed by atoms with E-state index < -0.39 is 12.6 Å². The molecule has 2 saturated heterocycles. The van der Waals surface area contributed by atoms with Crippen LogP contribution in [-0.2, 0) is 13.0 Å². The Balaban J connectivity index is 1.13. The number of piperidine rings is 1. The Morgan fingerprint density at radius 3 is 2.65 bits per heavy atom. The summed E-state index contributed by atoms with van der Waals surface area (Å²) in [6.07, 6.45) is -0.464. The van der Waals surface area contributed by atoms with Gasteiger partial charge in [-0.3, -0.25) is 4.90 Å². The van der Waals surface area contributed by atoms with Crippen LogP contribution in [0.4, 0.5) is 19.0 Å². The molecule has 4 aromatic rings. The molecule has 2 aliphatic heterocycles. The molecule has 2 aliphatic rings. The van der Waals surface area contributed by atoms with Gasteiger partial charge in [0.05, 0.1) is 11.8 Å². The van der Waals surface area contributed by atoms with Crippen molar-refractivity contribution < 1.29 is 13.2 Å². The number of rotatable bonds is 4. The first-order valence-electron chi connectivity index (χ1n) is 12.5. The third-order valence-corrected chi connectivity index (χ3v) is 9.12. The number of halogens is 3. The number of aromatic amines is 1. The predicted octanol–water partition coefficient (Wildman–Crippen LogP) is 5.95. The summed E-state index contributed by atoms with van der Waals surface area (Å²) in [5, 5.41) is 11.1. The Hall–Kier alpha value is -3.16. The minimum Gasteiger partial charge on any atom is -0.356 e. The van der Waals surface area contributed by atoms with Crippen LogP contribution in [0.1, 0.15) is 41.0 Å². The second-order valence-corrected chi connectivity index (χ2v) is 11.6. The lowest BCUT2D eigenvalue weighted by Gasteiger charge is -2.40. The highest BCUT2D eigenvalue weighted by Crippen LogP contribution is 2.43. The van der Waals surface area contributed by atoms with Gasteiger partial charge in [-0.15, -0.1) is 11.3 Å². The molecule has 0 aliphatic carbocycles. The van der Waals surface area contributed by atoms with Gasteiger partial charge in [-0.2, -0.15) is 18.4 Å². The molecule has 6 nitrogen and oxygen atoms in total. The molecular formula is C27H27F3N6S. The highest BCUT2D eigenvalue weighted by atomic mass is 32.1. The first-order valence-corrected chi connectivity index (χ1v) is 13.3. The number of anilines is 1. The number of thiophene rings is 1. The van der Waals surface area contributed by atoms with Crippen LogP contribution in [0.3, 0.4) is 0 Å². The van der Waals surface area contributed by atoms with E-state index >= 15 is 0 Å². The number of alkyl halides is 3. The average molecular weight is 525 g/mol. The highest BCUT2D eigenvalue weighted by molar-refractivity contribution is 7.18. The summed E-state index contributed by atoms with van der Waals surface area (Å²) >= 11 is 1.10. The number of H-pyrrole nitrogens is 1. The van der Waals surface area contributed by atoms with E-state index in [0.717, 1.165) is 85.4 Å². The number of aryl methyl sites for hydroxylation is 1. The number of benzene rings is 1. The molecule has 1 spiro atoms. The molecule has 3 aromatic heterocycles. The van der Waals surface area contributed by atoms with Gasteiger partial charge in [0.25, 0.3) is 0 Å². The first kappa shape index (κ1) is 24.2. The van der Waals surface area contributed by atoms with Crippen molar-refractivity contribution in [2.75, 3.05) is 31.1 Å². The van der Waals surface area contributed by atoms with Gasteiger partial charge < -0.3 is 9.88 Å². The van der Waals surface area contributed by atoms with Crippen molar-refractivity contribution in [2.24, 2.45) is 5.41 Å². The summed E-state index contributed by atoms with van der Waals surface area (Å²) < 4.78 is 38.7. The van der Waals surface area contributed by atoms with Gasteiger partial charge in [0.15, 0.2) is 0 Å².